The molecule has 1 saturated carbocycles. The van der Waals surface area contributed by atoms with Gasteiger partial charge >= 0.3 is 6.18 Å². The second-order valence-electron chi connectivity index (χ2n) is 11.0. The summed E-state index contributed by atoms with van der Waals surface area (Å²) in [5.74, 6) is -0.419. The maximum Gasteiger partial charge on any atom is 0.416 e. The average molecular weight is 561 g/mol. The Morgan fingerprint density at radius 1 is 1.10 bits per heavy atom. The molecule has 0 spiro atoms. The Hall–Kier alpha value is -3.18. The number of likely N-dealkylation sites (tertiary alicyclic amines) is 2. The van der Waals surface area contributed by atoms with E-state index in [4.69, 9.17) is 4.74 Å². The third kappa shape index (κ3) is 5.81. The number of halogens is 3. The molecule has 40 heavy (non-hydrogen) atoms. The topological polar surface area (TPSA) is 95.0 Å². The number of amides is 2. The molecular weight excluding hydrogens is 525 g/mol. The Balaban J connectivity index is 1.16. The van der Waals surface area contributed by atoms with Gasteiger partial charge in [-0.2, -0.15) is 13.2 Å². The first-order valence-electron chi connectivity index (χ1n) is 13.8. The summed E-state index contributed by atoms with van der Waals surface area (Å²) in [4.78, 5) is 34.2. The SMILES string of the molecule is COc1ccc([C@]2(O)CC[C@H](N3CCCC4C3CCN4C(=O)CNC(=O)c3cccc(C(F)(F)F)c3)CC2)cn1. The van der Waals surface area contributed by atoms with Crippen molar-refractivity contribution in [2.24, 2.45) is 0 Å². The first kappa shape index (κ1) is 28.4. The highest BCUT2D eigenvalue weighted by Crippen LogP contribution is 2.42. The predicted octanol–water partition coefficient (Wildman–Crippen LogP) is 3.73. The molecule has 2 N–H and O–H groups in total. The van der Waals surface area contributed by atoms with Crippen LogP contribution in [0.4, 0.5) is 13.2 Å². The quantitative estimate of drug-likeness (QED) is 0.559. The van der Waals surface area contributed by atoms with Gasteiger partial charge in [-0.25, -0.2) is 4.98 Å². The number of carbonyl (C=O) groups excluding carboxylic acids is 2. The van der Waals surface area contributed by atoms with E-state index in [1.54, 1.807) is 19.4 Å². The zero-order valence-electron chi connectivity index (χ0n) is 22.5. The van der Waals surface area contributed by atoms with Crippen molar-refractivity contribution in [2.75, 3.05) is 26.7 Å². The molecule has 3 aliphatic rings. The number of nitrogens with zero attached hydrogens (tertiary/aromatic N) is 3. The van der Waals surface area contributed by atoms with Crippen LogP contribution in [-0.2, 0) is 16.6 Å². The molecule has 216 valence electrons. The molecule has 5 rings (SSSR count). The Bertz CT molecular complexity index is 1210. The lowest BCUT2D eigenvalue weighted by Crippen LogP contribution is -2.56. The molecule has 1 aliphatic carbocycles. The second kappa shape index (κ2) is 11.4. The van der Waals surface area contributed by atoms with Gasteiger partial charge in [-0.15, -0.1) is 0 Å². The van der Waals surface area contributed by atoms with E-state index in [9.17, 15) is 27.9 Å². The Labute approximate surface area is 231 Å². The minimum absolute atomic E-state index is 0.0401. The number of benzene rings is 1. The molecule has 1 aromatic carbocycles. The van der Waals surface area contributed by atoms with Crippen molar-refractivity contribution in [3.63, 3.8) is 0 Å². The van der Waals surface area contributed by atoms with E-state index in [-0.39, 0.29) is 30.1 Å². The summed E-state index contributed by atoms with van der Waals surface area (Å²) >= 11 is 0. The zero-order valence-corrected chi connectivity index (χ0v) is 22.5. The largest absolute Gasteiger partial charge is 0.481 e. The number of hydrogen-bond donors (Lipinski definition) is 2. The smallest absolute Gasteiger partial charge is 0.416 e. The number of alkyl halides is 3. The molecule has 11 heteroatoms. The normalized spacial score (nSPS) is 27.2. The van der Waals surface area contributed by atoms with Crippen LogP contribution in [0, 0.1) is 0 Å². The summed E-state index contributed by atoms with van der Waals surface area (Å²) in [6, 6.07) is 8.39. The van der Waals surface area contributed by atoms with Crippen LogP contribution < -0.4 is 10.1 Å². The monoisotopic (exact) mass is 560 g/mol. The molecular formula is C29H35F3N4O4. The number of fused-ring (bicyclic) bond motifs is 1. The van der Waals surface area contributed by atoms with E-state index in [2.05, 4.69) is 15.2 Å². The number of methoxy groups -OCH3 is 1. The number of piperidine rings is 1. The van der Waals surface area contributed by atoms with E-state index in [0.717, 1.165) is 56.3 Å². The van der Waals surface area contributed by atoms with Gasteiger partial charge in [0.25, 0.3) is 5.91 Å². The summed E-state index contributed by atoms with van der Waals surface area (Å²) in [7, 11) is 1.56. The number of aliphatic hydroxyl groups is 1. The molecule has 2 aliphatic heterocycles. The fraction of sp³-hybridized carbons (Fsp3) is 0.552. The Morgan fingerprint density at radius 3 is 2.55 bits per heavy atom. The highest BCUT2D eigenvalue weighted by atomic mass is 19.4. The van der Waals surface area contributed by atoms with Gasteiger partial charge in [0.05, 0.1) is 24.8 Å². The van der Waals surface area contributed by atoms with Gasteiger partial charge in [0.1, 0.15) is 0 Å². The molecule has 2 atom stereocenters. The van der Waals surface area contributed by atoms with Crippen LogP contribution in [0.1, 0.15) is 66.4 Å². The van der Waals surface area contributed by atoms with Crippen LogP contribution in [0.3, 0.4) is 0 Å². The molecule has 8 nitrogen and oxygen atoms in total. The van der Waals surface area contributed by atoms with Crippen LogP contribution in [0.5, 0.6) is 5.88 Å². The maximum atomic E-state index is 13.1. The van der Waals surface area contributed by atoms with Crippen LogP contribution in [0.25, 0.3) is 0 Å². The van der Waals surface area contributed by atoms with Crippen molar-refractivity contribution in [1.82, 2.24) is 20.1 Å². The van der Waals surface area contributed by atoms with Crippen molar-refractivity contribution >= 4 is 11.8 Å². The summed E-state index contributed by atoms with van der Waals surface area (Å²) in [5, 5.41) is 13.8. The molecule has 2 saturated heterocycles. The molecule has 3 heterocycles. The third-order valence-electron chi connectivity index (χ3n) is 8.76. The minimum atomic E-state index is -4.55. The van der Waals surface area contributed by atoms with Crippen molar-refractivity contribution in [3.05, 3.63) is 59.3 Å². The van der Waals surface area contributed by atoms with Gasteiger partial charge < -0.3 is 20.1 Å². The number of carbonyl (C=O) groups is 2. The Morgan fingerprint density at radius 2 is 1.88 bits per heavy atom. The van der Waals surface area contributed by atoms with Crippen molar-refractivity contribution < 1.29 is 32.6 Å². The van der Waals surface area contributed by atoms with Gasteiger partial charge in [0.15, 0.2) is 0 Å². The van der Waals surface area contributed by atoms with Crippen LogP contribution >= 0.6 is 0 Å². The lowest BCUT2D eigenvalue weighted by atomic mass is 9.77. The number of hydrogen-bond acceptors (Lipinski definition) is 6. The summed E-state index contributed by atoms with van der Waals surface area (Å²) in [5.41, 5.74) is -1.15. The van der Waals surface area contributed by atoms with E-state index >= 15 is 0 Å². The van der Waals surface area contributed by atoms with Crippen LogP contribution in [-0.4, -0.2) is 76.6 Å². The fourth-order valence-corrected chi connectivity index (χ4v) is 6.66. The van der Waals surface area contributed by atoms with Crippen LogP contribution in [0.15, 0.2) is 42.6 Å². The number of aromatic nitrogens is 1. The van der Waals surface area contributed by atoms with E-state index in [1.165, 1.54) is 12.1 Å². The van der Waals surface area contributed by atoms with E-state index < -0.39 is 23.2 Å². The third-order valence-corrected chi connectivity index (χ3v) is 8.76. The predicted molar refractivity (Wildman–Crippen MR) is 141 cm³/mol. The summed E-state index contributed by atoms with van der Waals surface area (Å²) < 4.78 is 44.1. The number of rotatable bonds is 6. The zero-order chi connectivity index (χ0) is 28.5. The van der Waals surface area contributed by atoms with Gasteiger partial charge in [0.2, 0.25) is 11.8 Å². The standard InChI is InChI=1S/C29H35F3N4O4/c1-40-25-8-7-21(17-33-25)28(39)12-9-22(10-13-28)35-14-3-6-23-24(35)11-15-36(23)26(37)18-34-27(38)19-4-2-5-20(16-19)29(30,31)32/h2,4-5,7-8,16-17,22-24,39H,3,6,9-15,18H2,1H3,(H,34,38)/t22-,23?,24?,28-. The minimum Gasteiger partial charge on any atom is -0.481 e. The van der Waals surface area contributed by atoms with Crippen molar-refractivity contribution in [2.45, 2.75) is 74.8 Å². The maximum absolute atomic E-state index is 13.1. The van der Waals surface area contributed by atoms with Crippen LogP contribution in [0.2, 0.25) is 0 Å². The second-order valence-corrected chi connectivity index (χ2v) is 11.0. The highest BCUT2D eigenvalue weighted by molar-refractivity contribution is 5.96. The number of pyridine rings is 1. The van der Waals surface area contributed by atoms with Gasteiger partial charge in [-0.1, -0.05) is 6.07 Å². The molecule has 3 fully saturated rings. The summed E-state index contributed by atoms with van der Waals surface area (Å²) in [6.07, 6.45) is 2.73. The van der Waals surface area contributed by atoms with Gasteiger partial charge in [-0.05, 0) is 75.8 Å². The van der Waals surface area contributed by atoms with Gasteiger partial charge in [0, 0.05) is 48.1 Å². The highest BCUT2D eigenvalue weighted by Gasteiger charge is 2.46. The first-order chi connectivity index (χ1) is 19.1. The Kier molecular flexibility index (Phi) is 8.05. The summed E-state index contributed by atoms with van der Waals surface area (Å²) in [6.45, 7) is 1.27. The molecule has 2 amide bonds. The lowest BCUT2D eigenvalue weighted by molar-refractivity contribution is -0.137. The average Bonchev–Trinajstić information content (AvgIpc) is 3.40. The van der Waals surface area contributed by atoms with Gasteiger partial charge in [-0.3, -0.25) is 14.5 Å². The molecule has 2 unspecified atom stereocenters. The first-order valence-corrected chi connectivity index (χ1v) is 13.8. The number of ether oxygens (including phenoxy) is 1. The van der Waals surface area contributed by atoms with Crippen molar-refractivity contribution in [3.8, 4) is 5.88 Å². The molecule has 1 aromatic heterocycles. The fourth-order valence-electron chi connectivity index (χ4n) is 6.66. The lowest BCUT2D eigenvalue weighted by Gasteiger charge is -2.47. The van der Waals surface area contributed by atoms with E-state index in [0.29, 0.717) is 31.3 Å². The van der Waals surface area contributed by atoms with Crippen molar-refractivity contribution in [1.29, 1.82) is 0 Å². The molecule has 0 radical (unpaired) electrons. The molecule has 0 bridgehead atoms. The molecule has 2 aromatic rings. The van der Waals surface area contributed by atoms with E-state index in [1.807, 2.05) is 11.0 Å². The number of nitrogens with one attached hydrogen (secondary N) is 1.